The van der Waals surface area contributed by atoms with Crippen molar-refractivity contribution in [3.8, 4) is 0 Å². The minimum Gasteiger partial charge on any atom is -0.259 e. The zero-order valence-corrected chi connectivity index (χ0v) is 9.93. The van der Waals surface area contributed by atoms with Crippen molar-refractivity contribution in [2.45, 2.75) is 24.0 Å². The smallest absolute Gasteiger partial charge is 0.259 e. The highest BCUT2D eigenvalue weighted by molar-refractivity contribution is 7.86. The molecule has 0 saturated heterocycles. The van der Waals surface area contributed by atoms with E-state index in [1.807, 2.05) is 0 Å². The zero-order valence-electron chi connectivity index (χ0n) is 9.12. The molecule has 0 aliphatic carbocycles. The number of nitrogens with zero attached hydrogens (tertiary/aromatic N) is 1. The average molecular weight is 281 g/mol. The van der Waals surface area contributed by atoms with Crippen LogP contribution in [0, 0.1) is 10.1 Å². The molecule has 18 heavy (non-hydrogen) atoms. The van der Waals surface area contributed by atoms with Gasteiger partial charge in [0, 0.05) is 0 Å². The largest absolute Gasteiger partial charge is 0.538 e. The number of rotatable bonds is 5. The van der Waals surface area contributed by atoms with Crippen LogP contribution < -0.4 is 0 Å². The van der Waals surface area contributed by atoms with Crippen LogP contribution in [0.25, 0.3) is 0 Å². The molecule has 0 aliphatic rings. The van der Waals surface area contributed by atoms with Crippen LogP contribution >= 0.6 is 0 Å². The molecule has 0 aliphatic heterocycles. The highest BCUT2D eigenvalue weighted by Gasteiger charge is 2.53. The molecule has 0 amide bonds. The first-order valence-electron chi connectivity index (χ1n) is 4.68. The fourth-order valence-corrected chi connectivity index (χ4v) is 2.14. The first-order chi connectivity index (χ1) is 8.18. The Balaban J connectivity index is 2.95. The van der Waals surface area contributed by atoms with Crippen LogP contribution in [-0.4, -0.2) is 25.5 Å². The molecule has 6 nitrogen and oxygen atoms in total. The lowest BCUT2D eigenvalue weighted by molar-refractivity contribution is -0.654. The van der Waals surface area contributed by atoms with Crippen molar-refractivity contribution in [2.24, 2.45) is 0 Å². The number of alkyl halides is 2. The van der Waals surface area contributed by atoms with E-state index in [0.29, 0.717) is 6.92 Å². The Morgan fingerprint density at radius 3 is 2.28 bits per heavy atom. The van der Waals surface area contributed by atoms with Crippen LogP contribution in [0.4, 0.5) is 8.78 Å². The van der Waals surface area contributed by atoms with Crippen LogP contribution in [0.1, 0.15) is 6.92 Å². The lowest BCUT2D eigenvalue weighted by atomic mass is 10.4. The Morgan fingerprint density at radius 1 is 1.33 bits per heavy atom. The molecule has 0 N–H and O–H groups in total. The number of benzene rings is 1. The van der Waals surface area contributed by atoms with Gasteiger partial charge in [0.1, 0.15) is 0 Å². The summed E-state index contributed by atoms with van der Waals surface area (Å²) < 4.78 is 53.0. The topological polar surface area (TPSA) is 86.5 Å². The second-order valence-electron chi connectivity index (χ2n) is 3.35. The van der Waals surface area contributed by atoms with Crippen LogP contribution in [0.3, 0.4) is 0 Å². The molecule has 1 unspecified atom stereocenters. The Kier molecular flexibility index (Phi) is 3.97. The van der Waals surface area contributed by atoms with Gasteiger partial charge in [0.15, 0.2) is 0 Å². The molecule has 0 saturated carbocycles. The van der Waals surface area contributed by atoms with Gasteiger partial charge in [0.2, 0.25) is 6.10 Å². The summed E-state index contributed by atoms with van der Waals surface area (Å²) in [6, 6.07) is 2.04. The van der Waals surface area contributed by atoms with Gasteiger partial charge in [-0.15, -0.1) is 8.78 Å². The summed E-state index contributed by atoms with van der Waals surface area (Å²) in [6.07, 6.45) is -2.40. The number of hydrogen-bond donors (Lipinski definition) is 0. The molecule has 0 spiro atoms. The van der Waals surface area contributed by atoms with Crippen LogP contribution in [0.15, 0.2) is 35.2 Å². The van der Waals surface area contributed by atoms with E-state index < -0.39 is 27.2 Å². The predicted molar refractivity (Wildman–Crippen MR) is 56.1 cm³/mol. The van der Waals surface area contributed by atoms with Gasteiger partial charge in [-0.1, -0.05) is 18.2 Å². The summed E-state index contributed by atoms with van der Waals surface area (Å²) in [5.41, 5.74) is 0. The molecule has 1 aromatic rings. The Hall–Kier alpha value is -1.61. The maximum atomic E-state index is 12.9. The third kappa shape index (κ3) is 2.99. The molecule has 1 aromatic carbocycles. The Morgan fingerprint density at radius 2 is 1.83 bits per heavy atom. The van der Waals surface area contributed by atoms with Crippen molar-refractivity contribution in [2.75, 3.05) is 0 Å². The van der Waals surface area contributed by atoms with Crippen LogP contribution in [0.5, 0.6) is 0 Å². The molecule has 0 aromatic heterocycles. The number of nitro groups is 1. The molecule has 100 valence electrons. The lowest BCUT2D eigenvalue weighted by Gasteiger charge is -2.15. The first kappa shape index (κ1) is 14.5. The van der Waals surface area contributed by atoms with E-state index in [2.05, 4.69) is 4.18 Å². The average Bonchev–Trinajstić information content (AvgIpc) is 2.29. The standard InChI is InChI=1S/C9H9F2NO5S/c1-7(9(10,11)12(13)14)17-18(15,16)8-5-3-2-4-6-8/h2-7H,1H3. The van der Waals surface area contributed by atoms with E-state index in [9.17, 15) is 27.3 Å². The molecule has 0 bridgehead atoms. The molecular formula is C9H9F2NO5S. The fourth-order valence-electron chi connectivity index (χ4n) is 1.04. The first-order valence-corrected chi connectivity index (χ1v) is 6.09. The van der Waals surface area contributed by atoms with E-state index in [0.717, 1.165) is 12.1 Å². The molecule has 0 radical (unpaired) electrons. The van der Waals surface area contributed by atoms with Gasteiger partial charge in [0.25, 0.3) is 10.1 Å². The summed E-state index contributed by atoms with van der Waals surface area (Å²) in [5.74, 6) is 0. The van der Waals surface area contributed by atoms with Crippen molar-refractivity contribution < 1.29 is 26.3 Å². The summed E-state index contributed by atoms with van der Waals surface area (Å²) in [4.78, 5) is 7.82. The summed E-state index contributed by atoms with van der Waals surface area (Å²) in [5, 5.41) is 10.1. The quantitative estimate of drug-likeness (QED) is 0.354. The second kappa shape index (κ2) is 4.94. The summed E-state index contributed by atoms with van der Waals surface area (Å²) in [6.45, 7) is 0.614. The second-order valence-corrected chi connectivity index (χ2v) is 4.92. The number of halogens is 2. The van der Waals surface area contributed by atoms with E-state index in [-0.39, 0.29) is 4.90 Å². The van der Waals surface area contributed by atoms with E-state index in [1.54, 1.807) is 0 Å². The minimum absolute atomic E-state index is 0.351. The van der Waals surface area contributed by atoms with Gasteiger partial charge in [-0.05, 0) is 19.1 Å². The minimum atomic E-state index is -4.48. The van der Waals surface area contributed by atoms with Crippen molar-refractivity contribution in [1.82, 2.24) is 0 Å². The van der Waals surface area contributed by atoms with E-state index in [4.69, 9.17) is 0 Å². The van der Waals surface area contributed by atoms with Gasteiger partial charge in [-0.3, -0.25) is 10.1 Å². The van der Waals surface area contributed by atoms with Gasteiger partial charge in [-0.2, -0.15) is 8.42 Å². The van der Waals surface area contributed by atoms with Crippen molar-refractivity contribution in [3.05, 3.63) is 40.4 Å². The van der Waals surface area contributed by atoms with Crippen LogP contribution in [-0.2, 0) is 14.3 Å². The van der Waals surface area contributed by atoms with Gasteiger partial charge in [-0.25, -0.2) is 4.18 Å². The fraction of sp³-hybridized carbons (Fsp3) is 0.333. The maximum Gasteiger partial charge on any atom is 0.538 e. The van der Waals surface area contributed by atoms with E-state index in [1.165, 1.54) is 18.2 Å². The Labute approximate surface area is 101 Å². The summed E-state index contributed by atoms with van der Waals surface area (Å²) >= 11 is 0. The van der Waals surface area contributed by atoms with Gasteiger partial charge < -0.3 is 0 Å². The highest BCUT2D eigenvalue weighted by atomic mass is 32.2. The highest BCUT2D eigenvalue weighted by Crippen LogP contribution is 2.25. The predicted octanol–water partition coefficient (Wildman–Crippen LogP) is 1.65. The third-order valence-electron chi connectivity index (χ3n) is 2.04. The van der Waals surface area contributed by atoms with Gasteiger partial charge in [0.05, 0.1) is 9.82 Å². The molecule has 0 heterocycles. The maximum absolute atomic E-state index is 12.9. The monoisotopic (exact) mass is 281 g/mol. The SMILES string of the molecule is CC(OS(=O)(=O)c1ccccc1)C(F)(F)[N+](=O)[O-]. The lowest BCUT2D eigenvalue weighted by Crippen LogP contribution is -2.41. The normalized spacial score (nSPS) is 14.2. The molecule has 0 fully saturated rings. The molecular weight excluding hydrogens is 272 g/mol. The molecule has 1 atom stereocenters. The third-order valence-corrected chi connectivity index (χ3v) is 3.43. The summed E-state index contributed by atoms with van der Waals surface area (Å²) in [7, 11) is -4.46. The van der Waals surface area contributed by atoms with Crippen molar-refractivity contribution >= 4 is 10.1 Å². The van der Waals surface area contributed by atoms with Crippen molar-refractivity contribution in [1.29, 1.82) is 0 Å². The Bertz CT molecular complexity index is 531. The number of hydrogen-bond acceptors (Lipinski definition) is 5. The molecule has 9 heteroatoms. The van der Waals surface area contributed by atoms with Crippen LogP contribution in [0.2, 0.25) is 0 Å². The van der Waals surface area contributed by atoms with E-state index >= 15 is 0 Å². The van der Waals surface area contributed by atoms with Gasteiger partial charge >= 0.3 is 6.05 Å². The van der Waals surface area contributed by atoms with Crippen molar-refractivity contribution in [3.63, 3.8) is 0 Å². The zero-order chi connectivity index (χ0) is 14.0. The molecule has 1 rings (SSSR count).